The molecule has 2 atom stereocenters. The molecule has 0 aliphatic heterocycles. The molecule has 0 aliphatic carbocycles. The summed E-state index contributed by atoms with van der Waals surface area (Å²) in [6.45, 7) is 9.24. The zero-order chi connectivity index (χ0) is 18.9. The van der Waals surface area contributed by atoms with Crippen molar-refractivity contribution in [1.29, 1.82) is 0 Å². The van der Waals surface area contributed by atoms with Gasteiger partial charge in [-0.25, -0.2) is 0 Å². The van der Waals surface area contributed by atoms with Gasteiger partial charge in [-0.3, -0.25) is 4.79 Å². The summed E-state index contributed by atoms with van der Waals surface area (Å²) in [5.74, 6) is 1.52. The molecular weight excluding hydrogens is 346 g/mol. The molecule has 0 spiro atoms. The van der Waals surface area contributed by atoms with Crippen LogP contribution in [0.25, 0.3) is 0 Å². The number of ether oxygens (including phenoxy) is 1. The van der Waals surface area contributed by atoms with Crippen LogP contribution in [-0.2, 0) is 0 Å². The van der Waals surface area contributed by atoms with E-state index in [1.807, 2.05) is 56.3 Å². The van der Waals surface area contributed by atoms with Crippen LogP contribution in [0.4, 0.5) is 0 Å². The van der Waals surface area contributed by atoms with Gasteiger partial charge in [-0.05, 0) is 63.3 Å². The van der Waals surface area contributed by atoms with Crippen LogP contribution in [-0.4, -0.2) is 31.0 Å². The Balaban J connectivity index is 0.00000364. The predicted octanol–water partition coefficient (Wildman–Crippen LogP) is 5.39. The second kappa shape index (κ2) is 12.4. The third-order valence-electron chi connectivity index (χ3n) is 4.85. The molecule has 0 heterocycles. The van der Waals surface area contributed by atoms with Crippen molar-refractivity contribution in [2.45, 2.75) is 53.4 Å². The van der Waals surface area contributed by atoms with Crippen molar-refractivity contribution in [3.05, 3.63) is 59.2 Å². The topological polar surface area (TPSA) is 26.3 Å². The van der Waals surface area contributed by atoms with Gasteiger partial charge in [0, 0.05) is 5.56 Å². The number of carbonyl (C=O) groups excluding carboxylic acids is 1. The fourth-order valence-corrected chi connectivity index (χ4v) is 4.23. The van der Waals surface area contributed by atoms with Gasteiger partial charge in [0.05, 0.1) is 6.61 Å². The second-order valence-corrected chi connectivity index (χ2v) is 8.25. The minimum absolute atomic E-state index is 0. The van der Waals surface area contributed by atoms with E-state index in [9.17, 15) is 4.79 Å². The van der Waals surface area contributed by atoms with Gasteiger partial charge in [0.2, 0.25) is 0 Å². The van der Waals surface area contributed by atoms with Crippen LogP contribution in [0, 0.1) is 19.8 Å². The van der Waals surface area contributed by atoms with Gasteiger partial charge in [-0.2, -0.15) is 0 Å². The van der Waals surface area contributed by atoms with Crippen LogP contribution < -0.4 is 10.0 Å². The summed E-state index contributed by atoms with van der Waals surface area (Å²) in [7, 11) is 0.148. The molecule has 27 heavy (non-hydrogen) atoms. The van der Waals surface area contributed by atoms with E-state index in [0.29, 0.717) is 5.92 Å². The van der Waals surface area contributed by atoms with E-state index in [-0.39, 0.29) is 33.0 Å². The van der Waals surface area contributed by atoms with E-state index in [1.54, 1.807) is 0 Å². The van der Waals surface area contributed by atoms with Gasteiger partial charge in [0.25, 0.3) is 0 Å². The number of unbranched alkanes of at least 4 members (excludes halogenated alkanes) is 1. The molecule has 0 N–H and O–H groups in total. The van der Waals surface area contributed by atoms with E-state index >= 15 is 0 Å². The molecule has 142 valence electrons. The number of carbonyl (C=O) groups is 1. The molecule has 0 radical (unpaired) electrons. The van der Waals surface area contributed by atoms with Crippen molar-refractivity contribution in [2.75, 3.05) is 6.61 Å². The van der Waals surface area contributed by atoms with E-state index in [0.717, 1.165) is 40.8 Å². The molecule has 0 saturated carbocycles. The summed E-state index contributed by atoms with van der Waals surface area (Å²) < 4.78 is 5.96. The SMILES string of the molecule is CCCCC(CC)COc1ccc(PC(=O)c2c(C)cccc2C)cc1.[LiH]. The Kier molecular flexibility index (Phi) is 11.0. The first kappa shape index (κ1) is 24.0. The standard InChI is InChI=1S/C23H31O2P.Li.H/c1-5-7-11-19(6-2)16-25-20-12-14-21(15-13-20)26-23(24)22-17(3)9-8-10-18(22)4;;/h8-10,12-15,19,26H,5-7,11,16H2,1-4H3;;. The number of benzene rings is 2. The number of hydrogen-bond acceptors (Lipinski definition) is 2. The molecular formula is C23H32LiO2P. The molecule has 0 bridgehead atoms. The summed E-state index contributed by atoms with van der Waals surface area (Å²) in [5, 5.41) is 1.06. The molecule has 0 aromatic heterocycles. The van der Waals surface area contributed by atoms with Gasteiger partial charge in [0.15, 0.2) is 5.52 Å². The molecule has 2 aromatic carbocycles. The average Bonchev–Trinajstić information content (AvgIpc) is 2.63. The molecule has 0 saturated heterocycles. The summed E-state index contributed by atoms with van der Waals surface area (Å²) in [6.07, 6.45) is 4.89. The molecule has 0 aliphatic rings. The summed E-state index contributed by atoms with van der Waals surface area (Å²) in [6, 6.07) is 14.0. The van der Waals surface area contributed by atoms with Crippen LogP contribution in [0.1, 0.15) is 61.0 Å². The molecule has 4 heteroatoms. The number of aryl methyl sites for hydroxylation is 2. The van der Waals surface area contributed by atoms with Crippen molar-refractivity contribution >= 4 is 38.3 Å². The van der Waals surface area contributed by atoms with Crippen molar-refractivity contribution < 1.29 is 9.53 Å². The van der Waals surface area contributed by atoms with Crippen molar-refractivity contribution in [3.63, 3.8) is 0 Å². The van der Waals surface area contributed by atoms with Crippen molar-refractivity contribution in [3.8, 4) is 5.75 Å². The normalized spacial score (nSPS) is 12.0. The summed E-state index contributed by atoms with van der Waals surface area (Å²) >= 11 is 0. The third kappa shape index (κ3) is 7.46. The fraction of sp³-hybridized carbons (Fsp3) is 0.435. The van der Waals surface area contributed by atoms with Crippen LogP contribution in [0.2, 0.25) is 0 Å². The summed E-state index contributed by atoms with van der Waals surface area (Å²) in [5.41, 5.74) is 3.19. The minimum atomic E-state index is 0. The first-order valence-corrected chi connectivity index (χ1v) is 10.7. The van der Waals surface area contributed by atoms with Gasteiger partial charge in [0.1, 0.15) is 5.75 Å². The number of hydrogen-bond donors (Lipinski definition) is 0. The number of rotatable bonds is 10. The first-order chi connectivity index (χ1) is 12.5. The van der Waals surface area contributed by atoms with Crippen LogP contribution in [0.15, 0.2) is 42.5 Å². The van der Waals surface area contributed by atoms with Crippen LogP contribution in [0.5, 0.6) is 5.75 Å². The van der Waals surface area contributed by atoms with Crippen LogP contribution in [0.3, 0.4) is 0 Å². The Morgan fingerprint density at radius 1 is 1.04 bits per heavy atom. The molecule has 2 nitrogen and oxygen atoms in total. The maximum atomic E-state index is 12.7. The van der Waals surface area contributed by atoms with E-state index in [4.69, 9.17) is 4.74 Å². The van der Waals surface area contributed by atoms with Gasteiger partial charge >= 0.3 is 18.9 Å². The maximum absolute atomic E-state index is 12.7. The van der Waals surface area contributed by atoms with E-state index in [2.05, 4.69) is 13.8 Å². The van der Waals surface area contributed by atoms with Gasteiger partial charge in [-0.15, -0.1) is 0 Å². The van der Waals surface area contributed by atoms with Gasteiger partial charge < -0.3 is 4.74 Å². The van der Waals surface area contributed by atoms with Gasteiger partial charge in [-0.1, -0.05) is 63.4 Å². The quantitative estimate of drug-likeness (QED) is 0.409. The summed E-state index contributed by atoms with van der Waals surface area (Å²) in [4.78, 5) is 12.7. The molecule has 2 unspecified atom stereocenters. The zero-order valence-electron chi connectivity index (χ0n) is 16.5. The van der Waals surface area contributed by atoms with Crippen molar-refractivity contribution in [2.24, 2.45) is 5.92 Å². The Morgan fingerprint density at radius 3 is 2.22 bits per heavy atom. The first-order valence-electron chi connectivity index (χ1n) is 9.65. The van der Waals surface area contributed by atoms with Crippen LogP contribution >= 0.6 is 8.58 Å². The Labute approximate surface area is 178 Å². The Hall–Kier alpha value is -1.06. The Morgan fingerprint density at radius 2 is 1.67 bits per heavy atom. The Bertz CT molecular complexity index is 693. The molecule has 2 aromatic rings. The fourth-order valence-electron chi connectivity index (χ4n) is 3.11. The zero-order valence-corrected chi connectivity index (χ0v) is 17.5. The van der Waals surface area contributed by atoms with E-state index < -0.39 is 0 Å². The average molecular weight is 378 g/mol. The predicted molar refractivity (Wildman–Crippen MR) is 121 cm³/mol. The molecule has 2 rings (SSSR count). The van der Waals surface area contributed by atoms with E-state index in [1.165, 1.54) is 19.3 Å². The monoisotopic (exact) mass is 378 g/mol. The third-order valence-corrected chi connectivity index (χ3v) is 5.95. The second-order valence-electron chi connectivity index (χ2n) is 6.97. The molecule has 0 amide bonds. The van der Waals surface area contributed by atoms with Crippen molar-refractivity contribution in [1.82, 2.24) is 0 Å². The molecule has 0 fully saturated rings.